The zero-order valence-electron chi connectivity index (χ0n) is 16.0. The van der Waals surface area contributed by atoms with Gasteiger partial charge in [-0.1, -0.05) is 35.3 Å². The molecule has 0 radical (unpaired) electrons. The number of benzene rings is 2. The highest BCUT2D eigenvalue weighted by atomic mass is 35.5. The third-order valence-corrected chi connectivity index (χ3v) is 5.69. The molecular formula is C22H20Cl2N4O2. The summed E-state index contributed by atoms with van der Waals surface area (Å²) in [5.74, 6) is -0.898. The maximum Gasteiger partial charge on any atom is 0.309 e. The van der Waals surface area contributed by atoms with E-state index >= 15 is 0 Å². The van der Waals surface area contributed by atoms with E-state index in [0.29, 0.717) is 21.7 Å². The normalized spacial score (nSPS) is 17.8. The highest BCUT2D eigenvalue weighted by molar-refractivity contribution is 6.35. The Morgan fingerprint density at radius 2 is 1.57 bits per heavy atom. The van der Waals surface area contributed by atoms with E-state index in [0.717, 1.165) is 18.5 Å². The quantitative estimate of drug-likeness (QED) is 0.589. The van der Waals surface area contributed by atoms with Crippen molar-refractivity contribution in [2.24, 2.45) is 0 Å². The van der Waals surface area contributed by atoms with Gasteiger partial charge < -0.3 is 10.6 Å². The van der Waals surface area contributed by atoms with E-state index in [-0.39, 0.29) is 12.6 Å². The fraction of sp³-hybridized carbons (Fsp3) is 0.227. The second-order valence-corrected chi connectivity index (χ2v) is 8.17. The first-order valence-corrected chi connectivity index (χ1v) is 10.4. The molecule has 2 N–H and O–H groups in total. The highest BCUT2D eigenvalue weighted by Crippen LogP contribution is 2.37. The van der Waals surface area contributed by atoms with Crippen LogP contribution < -0.4 is 10.6 Å². The fourth-order valence-electron chi connectivity index (χ4n) is 3.44. The molecule has 0 atom stereocenters. The molecule has 30 heavy (non-hydrogen) atoms. The van der Waals surface area contributed by atoms with Gasteiger partial charge in [0, 0.05) is 22.3 Å². The Balaban J connectivity index is 1.22. The van der Waals surface area contributed by atoms with Gasteiger partial charge in [0.25, 0.3) is 0 Å². The molecule has 1 heterocycles. The van der Waals surface area contributed by atoms with Crippen molar-refractivity contribution < 1.29 is 9.59 Å². The summed E-state index contributed by atoms with van der Waals surface area (Å²) in [7, 11) is 0. The zero-order chi connectivity index (χ0) is 21.1. The SMILES string of the molecule is O=C(NCc1ccn(-c2ccc(Cl)cc2)n1)C(=O)NC1CC(c2ccc(Cl)cc2)C1. The van der Waals surface area contributed by atoms with E-state index in [1.54, 1.807) is 29.1 Å². The van der Waals surface area contributed by atoms with Gasteiger partial charge in [0.15, 0.2) is 0 Å². The third-order valence-electron chi connectivity index (χ3n) is 5.19. The molecule has 0 bridgehead atoms. The summed E-state index contributed by atoms with van der Waals surface area (Å²) in [6.45, 7) is 0.172. The van der Waals surface area contributed by atoms with Gasteiger partial charge in [-0.2, -0.15) is 5.10 Å². The second-order valence-electron chi connectivity index (χ2n) is 7.30. The second kappa shape index (κ2) is 8.90. The lowest BCUT2D eigenvalue weighted by Gasteiger charge is -2.36. The van der Waals surface area contributed by atoms with Gasteiger partial charge in [0.1, 0.15) is 0 Å². The van der Waals surface area contributed by atoms with Gasteiger partial charge in [-0.3, -0.25) is 9.59 Å². The minimum atomic E-state index is -0.661. The molecule has 1 aliphatic carbocycles. The highest BCUT2D eigenvalue weighted by Gasteiger charge is 2.32. The van der Waals surface area contributed by atoms with Gasteiger partial charge >= 0.3 is 11.8 Å². The van der Waals surface area contributed by atoms with Crippen LogP contribution in [-0.2, 0) is 16.1 Å². The topological polar surface area (TPSA) is 76.0 Å². The Morgan fingerprint density at radius 3 is 2.23 bits per heavy atom. The number of hydrogen-bond donors (Lipinski definition) is 2. The van der Waals surface area contributed by atoms with Crippen LogP contribution in [0.4, 0.5) is 0 Å². The van der Waals surface area contributed by atoms with E-state index in [4.69, 9.17) is 23.2 Å². The number of amides is 2. The Morgan fingerprint density at radius 1 is 0.933 bits per heavy atom. The number of carbonyl (C=O) groups excluding carboxylic acids is 2. The van der Waals surface area contributed by atoms with Crippen LogP contribution in [0.25, 0.3) is 5.69 Å². The molecule has 154 valence electrons. The number of rotatable bonds is 5. The lowest BCUT2D eigenvalue weighted by molar-refractivity contribution is -0.140. The summed E-state index contributed by atoms with van der Waals surface area (Å²) in [5.41, 5.74) is 2.71. The first-order valence-electron chi connectivity index (χ1n) is 9.62. The number of carbonyl (C=O) groups is 2. The average Bonchev–Trinajstić information content (AvgIpc) is 3.19. The van der Waals surface area contributed by atoms with Gasteiger partial charge in [0.2, 0.25) is 0 Å². The van der Waals surface area contributed by atoms with Crippen LogP contribution in [0.3, 0.4) is 0 Å². The maximum absolute atomic E-state index is 12.1. The van der Waals surface area contributed by atoms with Crippen LogP contribution in [0, 0.1) is 0 Å². The van der Waals surface area contributed by atoms with E-state index in [2.05, 4.69) is 15.7 Å². The number of nitrogens with zero attached hydrogens (tertiary/aromatic N) is 2. The Bertz CT molecular complexity index is 1040. The zero-order valence-corrected chi connectivity index (χ0v) is 17.5. The van der Waals surface area contributed by atoms with Crippen molar-refractivity contribution in [1.82, 2.24) is 20.4 Å². The van der Waals surface area contributed by atoms with Crippen LogP contribution >= 0.6 is 23.2 Å². The number of hydrogen-bond acceptors (Lipinski definition) is 3. The molecule has 3 aromatic rings. The molecule has 0 spiro atoms. The first kappa shape index (κ1) is 20.4. The van der Waals surface area contributed by atoms with E-state index < -0.39 is 11.8 Å². The summed E-state index contributed by atoms with van der Waals surface area (Å²) in [6, 6.07) is 16.8. The number of halogens is 2. The average molecular weight is 443 g/mol. The van der Waals surface area contributed by atoms with Gasteiger partial charge in [-0.05, 0) is 66.8 Å². The lowest BCUT2D eigenvalue weighted by Crippen LogP contribution is -2.48. The molecule has 0 unspecified atom stereocenters. The van der Waals surface area contributed by atoms with Crippen molar-refractivity contribution in [1.29, 1.82) is 0 Å². The van der Waals surface area contributed by atoms with E-state index in [1.807, 2.05) is 36.4 Å². The van der Waals surface area contributed by atoms with Gasteiger partial charge in [-0.15, -0.1) is 0 Å². The minimum absolute atomic E-state index is 0.00745. The summed E-state index contributed by atoms with van der Waals surface area (Å²) in [5, 5.41) is 11.1. The molecule has 1 aliphatic rings. The number of aromatic nitrogens is 2. The maximum atomic E-state index is 12.1. The Labute approximate surface area is 184 Å². The fourth-order valence-corrected chi connectivity index (χ4v) is 3.69. The predicted octanol–water partition coefficient (Wildman–Crippen LogP) is 3.86. The van der Waals surface area contributed by atoms with Crippen LogP contribution in [-0.4, -0.2) is 27.6 Å². The van der Waals surface area contributed by atoms with Gasteiger partial charge in [0.05, 0.1) is 17.9 Å². The molecular weight excluding hydrogens is 423 g/mol. The molecule has 1 aromatic heterocycles. The molecule has 6 nitrogen and oxygen atoms in total. The largest absolute Gasteiger partial charge is 0.345 e. The standard InChI is InChI=1S/C22H20Cl2N4O2/c23-16-3-1-14(2-4-16)15-11-19(12-15)26-22(30)21(29)25-13-18-9-10-28(27-18)20-7-5-17(24)6-8-20/h1-10,15,19H,11-13H2,(H,25,29)(H,26,30). The lowest BCUT2D eigenvalue weighted by atomic mass is 9.76. The van der Waals surface area contributed by atoms with Crippen molar-refractivity contribution in [3.05, 3.63) is 82.1 Å². The Hall–Kier alpha value is -2.83. The summed E-state index contributed by atoms with van der Waals surface area (Å²) < 4.78 is 1.68. The molecule has 0 saturated heterocycles. The van der Waals surface area contributed by atoms with Crippen molar-refractivity contribution >= 4 is 35.0 Å². The molecule has 1 fully saturated rings. The van der Waals surface area contributed by atoms with Crippen LogP contribution in [0.5, 0.6) is 0 Å². The monoisotopic (exact) mass is 442 g/mol. The molecule has 0 aliphatic heterocycles. The molecule has 4 rings (SSSR count). The van der Waals surface area contributed by atoms with Crippen molar-refractivity contribution in [2.45, 2.75) is 31.3 Å². The molecule has 2 amide bonds. The summed E-state index contributed by atoms with van der Waals surface area (Å²) >= 11 is 11.8. The molecule has 2 aromatic carbocycles. The summed E-state index contributed by atoms with van der Waals surface area (Å²) in [6.07, 6.45) is 3.41. The number of nitrogens with one attached hydrogen (secondary N) is 2. The van der Waals surface area contributed by atoms with Crippen LogP contribution in [0.15, 0.2) is 60.8 Å². The third kappa shape index (κ3) is 4.83. The predicted molar refractivity (Wildman–Crippen MR) is 116 cm³/mol. The van der Waals surface area contributed by atoms with E-state index in [9.17, 15) is 9.59 Å². The smallest absolute Gasteiger partial charge is 0.309 e. The molecule has 8 heteroatoms. The summed E-state index contributed by atoms with van der Waals surface area (Å²) in [4.78, 5) is 24.2. The van der Waals surface area contributed by atoms with Crippen molar-refractivity contribution in [3.63, 3.8) is 0 Å². The van der Waals surface area contributed by atoms with Gasteiger partial charge in [-0.25, -0.2) is 4.68 Å². The van der Waals surface area contributed by atoms with Crippen molar-refractivity contribution in [3.8, 4) is 5.69 Å². The minimum Gasteiger partial charge on any atom is -0.345 e. The van der Waals surface area contributed by atoms with Crippen molar-refractivity contribution in [2.75, 3.05) is 0 Å². The Kier molecular flexibility index (Phi) is 6.06. The molecule has 1 saturated carbocycles. The van der Waals surface area contributed by atoms with E-state index in [1.165, 1.54) is 5.56 Å². The van der Waals surface area contributed by atoms with Crippen LogP contribution in [0.1, 0.15) is 30.0 Å². The first-order chi connectivity index (χ1) is 14.5. The van der Waals surface area contributed by atoms with Crippen LogP contribution in [0.2, 0.25) is 10.0 Å².